The van der Waals surface area contributed by atoms with E-state index in [1.807, 2.05) is 0 Å². The quantitative estimate of drug-likeness (QED) is 0.662. The van der Waals surface area contributed by atoms with Gasteiger partial charge in [-0.05, 0) is 55.8 Å². The van der Waals surface area contributed by atoms with Gasteiger partial charge >= 0.3 is 0 Å². The van der Waals surface area contributed by atoms with Crippen LogP contribution in [0.3, 0.4) is 0 Å². The van der Waals surface area contributed by atoms with Crippen molar-refractivity contribution in [1.29, 1.82) is 0 Å². The molecular formula is C11H18FN. The summed E-state index contributed by atoms with van der Waals surface area (Å²) in [6, 6.07) is 0. The molecule has 0 saturated heterocycles. The van der Waals surface area contributed by atoms with Crippen molar-refractivity contribution in [2.45, 2.75) is 37.6 Å². The zero-order valence-electron chi connectivity index (χ0n) is 8.01. The van der Waals surface area contributed by atoms with Crippen molar-refractivity contribution in [2.24, 2.45) is 29.4 Å². The van der Waals surface area contributed by atoms with E-state index in [9.17, 15) is 4.39 Å². The minimum absolute atomic E-state index is 0.0991. The summed E-state index contributed by atoms with van der Waals surface area (Å²) in [5.74, 6) is 2.46. The van der Waals surface area contributed by atoms with Crippen molar-refractivity contribution in [3.8, 4) is 0 Å². The van der Waals surface area contributed by atoms with E-state index in [1.54, 1.807) is 0 Å². The van der Waals surface area contributed by atoms with Crippen LogP contribution in [0.2, 0.25) is 0 Å². The summed E-state index contributed by atoms with van der Waals surface area (Å²) < 4.78 is 12.8. The predicted molar refractivity (Wildman–Crippen MR) is 49.9 cm³/mol. The first kappa shape index (κ1) is 8.22. The lowest BCUT2D eigenvalue weighted by molar-refractivity contribution is -0.0587. The molecular weight excluding hydrogens is 165 g/mol. The maximum atomic E-state index is 12.8. The third-order valence-electron chi connectivity index (χ3n) is 4.69. The van der Waals surface area contributed by atoms with E-state index < -0.39 is 0 Å². The molecule has 4 aliphatic carbocycles. The number of nitrogens with two attached hydrogens (primary N) is 1. The Hall–Kier alpha value is -0.110. The third kappa shape index (κ3) is 1.08. The fourth-order valence-corrected chi connectivity index (χ4v) is 4.44. The number of halogens is 1. The number of hydrogen-bond acceptors (Lipinski definition) is 1. The molecule has 0 radical (unpaired) electrons. The first-order chi connectivity index (χ1) is 6.20. The topological polar surface area (TPSA) is 26.0 Å². The average molecular weight is 183 g/mol. The highest BCUT2D eigenvalue weighted by molar-refractivity contribution is 5.07. The second-order valence-electron chi connectivity index (χ2n) is 5.65. The van der Waals surface area contributed by atoms with Gasteiger partial charge in [-0.3, -0.25) is 4.39 Å². The molecule has 0 aliphatic heterocycles. The van der Waals surface area contributed by atoms with Crippen molar-refractivity contribution in [1.82, 2.24) is 0 Å². The van der Waals surface area contributed by atoms with Gasteiger partial charge in [-0.25, -0.2) is 0 Å². The molecule has 0 aromatic carbocycles. The maximum Gasteiger partial charge on any atom is 0.0927 e. The molecule has 5 atom stereocenters. The van der Waals surface area contributed by atoms with Crippen molar-refractivity contribution >= 4 is 0 Å². The molecule has 0 spiro atoms. The van der Waals surface area contributed by atoms with Crippen LogP contribution in [0.25, 0.3) is 0 Å². The molecule has 4 aliphatic rings. The molecule has 74 valence electrons. The van der Waals surface area contributed by atoms with E-state index in [2.05, 4.69) is 0 Å². The van der Waals surface area contributed by atoms with Gasteiger partial charge in [0.2, 0.25) is 0 Å². The lowest BCUT2D eigenvalue weighted by Crippen LogP contribution is -2.59. The second kappa shape index (κ2) is 2.47. The standard InChI is InChI=1S/C11H18FN/c12-6-10-8-1-7-2-9(10)5-11(13,3-7)4-8/h7-10H,1-6,13H2/t7?,8-,9?,10?,11?/m0/s1. The molecule has 0 amide bonds. The minimum atomic E-state index is -0.0991. The average Bonchev–Trinajstić information content (AvgIpc) is 2.00. The Morgan fingerprint density at radius 1 is 1.15 bits per heavy atom. The Morgan fingerprint density at radius 2 is 1.77 bits per heavy atom. The fraction of sp³-hybridized carbons (Fsp3) is 1.00. The Labute approximate surface area is 78.9 Å². The molecule has 4 saturated carbocycles. The molecule has 0 aromatic heterocycles. The summed E-state index contributed by atoms with van der Waals surface area (Å²) in [4.78, 5) is 0. The van der Waals surface area contributed by atoms with Crippen LogP contribution in [-0.4, -0.2) is 12.2 Å². The normalized spacial score (nSPS) is 58.6. The summed E-state index contributed by atoms with van der Waals surface area (Å²) >= 11 is 0. The second-order valence-corrected chi connectivity index (χ2v) is 5.65. The summed E-state index contributed by atoms with van der Waals surface area (Å²) in [6.45, 7) is -0.0991. The van der Waals surface area contributed by atoms with Crippen molar-refractivity contribution in [3.63, 3.8) is 0 Å². The van der Waals surface area contributed by atoms with E-state index in [-0.39, 0.29) is 12.2 Å². The molecule has 4 unspecified atom stereocenters. The highest BCUT2D eigenvalue weighted by Gasteiger charge is 2.53. The molecule has 4 rings (SSSR count). The molecule has 4 fully saturated rings. The zero-order chi connectivity index (χ0) is 9.05. The van der Waals surface area contributed by atoms with Gasteiger partial charge in [0.05, 0.1) is 6.67 Å². The lowest BCUT2D eigenvalue weighted by Gasteiger charge is -2.58. The number of rotatable bonds is 1. The van der Waals surface area contributed by atoms with Crippen molar-refractivity contribution in [3.05, 3.63) is 0 Å². The van der Waals surface area contributed by atoms with Crippen LogP contribution < -0.4 is 5.73 Å². The minimum Gasteiger partial charge on any atom is -0.325 e. The monoisotopic (exact) mass is 183 g/mol. The van der Waals surface area contributed by atoms with Crippen LogP contribution in [0, 0.1) is 23.7 Å². The fourth-order valence-electron chi connectivity index (χ4n) is 4.44. The Morgan fingerprint density at radius 3 is 2.23 bits per heavy atom. The molecule has 0 heterocycles. The van der Waals surface area contributed by atoms with E-state index >= 15 is 0 Å². The van der Waals surface area contributed by atoms with E-state index in [0.29, 0.717) is 17.8 Å². The van der Waals surface area contributed by atoms with Crippen LogP contribution >= 0.6 is 0 Å². The van der Waals surface area contributed by atoms with Crippen LogP contribution in [0.1, 0.15) is 32.1 Å². The summed E-state index contributed by atoms with van der Waals surface area (Å²) in [6.07, 6.45) is 5.97. The largest absolute Gasteiger partial charge is 0.325 e. The maximum absolute atomic E-state index is 12.8. The SMILES string of the molecule is NC12CC3CC(C1)C(CF)[C@@H](C3)C2. The van der Waals surface area contributed by atoms with Crippen LogP contribution in [-0.2, 0) is 0 Å². The summed E-state index contributed by atoms with van der Waals surface area (Å²) in [5, 5.41) is 0. The summed E-state index contributed by atoms with van der Waals surface area (Å²) in [5.41, 5.74) is 6.43. The predicted octanol–water partition coefficient (Wildman–Crippen LogP) is 2.11. The Kier molecular flexibility index (Phi) is 1.56. The van der Waals surface area contributed by atoms with Gasteiger partial charge < -0.3 is 5.73 Å². The van der Waals surface area contributed by atoms with Gasteiger partial charge in [0.15, 0.2) is 0 Å². The van der Waals surface area contributed by atoms with Crippen molar-refractivity contribution in [2.75, 3.05) is 6.67 Å². The van der Waals surface area contributed by atoms with Gasteiger partial charge in [0, 0.05) is 5.54 Å². The first-order valence-electron chi connectivity index (χ1n) is 5.55. The molecule has 2 heteroatoms. The first-order valence-corrected chi connectivity index (χ1v) is 5.55. The smallest absolute Gasteiger partial charge is 0.0927 e. The van der Waals surface area contributed by atoms with E-state index in [0.717, 1.165) is 18.8 Å². The molecule has 13 heavy (non-hydrogen) atoms. The van der Waals surface area contributed by atoms with Gasteiger partial charge in [0.25, 0.3) is 0 Å². The van der Waals surface area contributed by atoms with E-state index in [4.69, 9.17) is 5.73 Å². The molecule has 0 aromatic rings. The summed E-state index contributed by atoms with van der Waals surface area (Å²) in [7, 11) is 0. The Balaban J connectivity index is 1.90. The van der Waals surface area contributed by atoms with Gasteiger partial charge in [-0.1, -0.05) is 0 Å². The number of alkyl halides is 1. The van der Waals surface area contributed by atoms with Crippen molar-refractivity contribution < 1.29 is 4.39 Å². The van der Waals surface area contributed by atoms with Crippen LogP contribution in [0.4, 0.5) is 4.39 Å². The Bertz CT molecular complexity index is 212. The van der Waals surface area contributed by atoms with Gasteiger partial charge in [-0.2, -0.15) is 0 Å². The molecule has 2 N–H and O–H groups in total. The number of hydrogen-bond donors (Lipinski definition) is 1. The van der Waals surface area contributed by atoms with Gasteiger partial charge in [0.1, 0.15) is 0 Å². The van der Waals surface area contributed by atoms with E-state index in [1.165, 1.54) is 19.3 Å². The zero-order valence-corrected chi connectivity index (χ0v) is 8.01. The third-order valence-corrected chi connectivity index (χ3v) is 4.69. The molecule has 4 bridgehead atoms. The lowest BCUT2D eigenvalue weighted by atomic mass is 9.49. The van der Waals surface area contributed by atoms with Gasteiger partial charge in [-0.15, -0.1) is 0 Å². The van der Waals surface area contributed by atoms with Crippen LogP contribution in [0.15, 0.2) is 0 Å². The highest BCUT2D eigenvalue weighted by Crippen LogP contribution is 2.57. The molecule has 1 nitrogen and oxygen atoms in total. The van der Waals surface area contributed by atoms with Crippen LogP contribution in [0.5, 0.6) is 0 Å². The highest BCUT2D eigenvalue weighted by atomic mass is 19.1.